The Morgan fingerprint density at radius 1 is 0.849 bits per heavy atom. The highest BCUT2D eigenvalue weighted by Crippen LogP contribution is 2.62. The van der Waals surface area contributed by atoms with E-state index >= 15 is 0 Å². The summed E-state index contributed by atoms with van der Waals surface area (Å²) in [6.07, 6.45) is 22.5. The molecule has 390 valence electrons. The van der Waals surface area contributed by atoms with Gasteiger partial charge in [-0.05, 0) is 117 Å². The van der Waals surface area contributed by atoms with Crippen LogP contribution in [0, 0.1) is 53.3 Å². The average molecular weight is 993 g/mol. The summed E-state index contributed by atoms with van der Waals surface area (Å²) in [6.45, 7) is 3.21. The molecule has 11 heteroatoms. The summed E-state index contributed by atoms with van der Waals surface area (Å²) >= 11 is 0. The predicted molar refractivity (Wildman–Crippen MR) is 289 cm³/mol. The van der Waals surface area contributed by atoms with Crippen LogP contribution in [0.5, 0.6) is 11.5 Å². The first-order valence-electron chi connectivity index (χ1n) is 27.5. The number of aromatic hydroxyl groups is 2. The number of fused-ring (bicyclic) bond motifs is 1. The molecule has 9 rings (SSSR count). The molecule has 2 heterocycles. The second kappa shape index (κ2) is 23.3. The summed E-state index contributed by atoms with van der Waals surface area (Å²) in [4.78, 5) is 17.7. The van der Waals surface area contributed by atoms with Crippen molar-refractivity contribution in [3.8, 4) is 33.9 Å². The van der Waals surface area contributed by atoms with E-state index in [0.29, 0.717) is 74.5 Å². The van der Waals surface area contributed by atoms with Gasteiger partial charge in [0.15, 0.2) is 0 Å². The smallest absolute Gasteiger partial charge is 0.309 e. The van der Waals surface area contributed by atoms with Crippen molar-refractivity contribution in [3.05, 3.63) is 144 Å². The number of carbonyl (C=O) groups is 1. The number of phenols is 2. The molecule has 11 N–H and O–H groups in total. The minimum absolute atomic E-state index is 0.0120. The number of rotatable bonds is 19. The second-order valence-corrected chi connectivity index (χ2v) is 22.3. The average Bonchev–Trinajstić information content (AvgIpc) is 3.94. The maximum Gasteiger partial charge on any atom is 0.309 e. The monoisotopic (exact) mass is 993 g/mol. The van der Waals surface area contributed by atoms with Gasteiger partial charge in [-0.2, -0.15) is 0 Å². The van der Waals surface area contributed by atoms with Crippen LogP contribution in [0.15, 0.2) is 127 Å². The van der Waals surface area contributed by atoms with Crippen molar-refractivity contribution in [2.75, 3.05) is 20.1 Å². The van der Waals surface area contributed by atoms with Crippen molar-refractivity contribution in [2.24, 2.45) is 59.0 Å². The molecule has 0 unspecified atom stereocenters. The number of nitrogens with one attached hydrogen (secondary N) is 3. The molecule has 5 aliphatic rings. The third kappa shape index (κ3) is 11.3. The number of aliphatic hydroxyl groups excluding tert-OH is 2. The van der Waals surface area contributed by atoms with Gasteiger partial charge in [-0.3, -0.25) is 4.79 Å². The van der Waals surface area contributed by atoms with Gasteiger partial charge in [0.05, 0.1) is 35.2 Å². The van der Waals surface area contributed by atoms with E-state index in [4.69, 9.17) is 5.73 Å². The highest BCUT2D eigenvalue weighted by Gasteiger charge is 2.63. The molecule has 73 heavy (non-hydrogen) atoms. The molecule has 4 aromatic rings. The Hall–Kier alpha value is -5.59. The van der Waals surface area contributed by atoms with Crippen LogP contribution in [0.4, 0.5) is 0 Å². The highest BCUT2D eigenvalue weighted by atomic mass is 16.4. The Balaban J connectivity index is 1.13. The number of carboxylic acids is 1. The Kier molecular flexibility index (Phi) is 16.7. The molecule has 3 aromatic carbocycles. The van der Waals surface area contributed by atoms with E-state index in [1.165, 1.54) is 25.3 Å². The normalized spacial score (nSPS) is 30.9. The molecule has 1 aromatic heterocycles. The first-order chi connectivity index (χ1) is 35.4. The van der Waals surface area contributed by atoms with Gasteiger partial charge in [-0.25, -0.2) is 0 Å². The van der Waals surface area contributed by atoms with Gasteiger partial charge >= 0.3 is 5.97 Å². The molecule has 0 amide bonds. The van der Waals surface area contributed by atoms with Gasteiger partial charge in [0.2, 0.25) is 0 Å². The number of carboxylic acid groups (broad SMARTS) is 1. The maximum atomic E-state index is 14.1. The van der Waals surface area contributed by atoms with E-state index in [1.54, 1.807) is 6.07 Å². The lowest BCUT2D eigenvalue weighted by Crippen LogP contribution is -2.59. The lowest BCUT2D eigenvalue weighted by molar-refractivity contribution is -0.159. The van der Waals surface area contributed by atoms with E-state index in [9.17, 15) is 35.4 Å². The topological polar surface area (TPSA) is 204 Å². The van der Waals surface area contributed by atoms with E-state index < -0.39 is 35.4 Å². The van der Waals surface area contributed by atoms with Gasteiger partial charge in [0, 0.05) is 77.6 Å². The van der Waals surface area contributed by atoms with Crippen molar-refractivity contribution in [1.29, 1.82) is 0 Å². The van der Waals surface area contributed by atoms with E-state index in [1.807, 2.05) is 67.7 Å². The summed E-state index contributed by atoms with van der Waals surface area (Å²) in [5, 5.41) is 78.6. The summed E-state index contributed by atoms with van der Waals surface area (Å²) in [5.74, 6) is -3.46. The fraction of sp³-hybridized carbons (Fsp3) is 0.500. The molecule has 0 spiro atoms. The maximum absolute atomic E-state index is 14.1. The van der Waals surface area contributed by atoms with Crippen LogP contribution in [-0.4, -0.2) is 79.5 Å². The third-order valence-electron chi connectivity index (χ3n) is 17.9. The zero-order valence-corrected chi connectivity index (χ0v) is 42.9. The van der Waals surface area contributed by atoms with Gasteiger partial charge in [-0.1, -0.05) is 130 Å². The lowest BCUT2D eigenvalue weighted by atomic mass is 9.57. The second-order valence-electron chi connectivity index (χ2n) is 22.3. The first kappa shape index (κ1) is 52.3. The molecule has 1 aliphatic heterocycles. The van der Waals surface area contributed by atoms with Gasteiger partial charge in [-0.15, -0.1) is 0 Å². The van der Waals surface area contributed by atoms with Crippen LogP contribution in [0.2, 0.25) is 0 Å². The Morgan fingerprint density at radius 3 is 2.33 bits per heavy atom. The van der Waals surface area contributed by atoms with Gasteiger partial charge in [0.25, 0.3) is 0 Å². The van der Waals surface area contributed by atoms with Gasteiger partial charge in [0.1, 0.15) is 11.5 Å². The fourth-order valence-corrected chi connectivity index (χ4v) is 14.3. The molecular formula is C62H80N4O7. The van der Waals surface area contributed by atoms with Crippen molar-refractivity contribution < 1.29 is 35.4 Å². The summed E-state index contributed by atoms with van der Waals surface area (Å²) < 4.78 is 0. The molecule has 2 saturated carbocycles. The molecule has 0 saturated heterocycles. The Labute approximate surface area is 432 Å². The van der Waals surface area contributed by atoms with Crippen LogP contribution < -0.4 is 16.4 Å². The van der Waals surface area contributed by atoms with E-state index in [-0.39, 0.29) is 53.1 Å². The number of allylic oxidation sites excluding steroid dienone is 3. The van der Waals surface area contributed by atoms with Gasteiger partial charge < -0.3 is 52.0 Å². The number of unbranched alkanes of at least 4 members (excludes halogenated alkanes) is 3. The number of H-pyrrole nitrogens is 1. The van der Waals surface area contributed by atoms with Crippen LogP contribution in [0.3, 0.4) is 0 Å². The number of aliphatic carboxylic acids is 1. The number of nitrogens with two attached hydrogens (primary N) is 1. The summed E-state index contributed by atoms with van der Waals surface area (Å²) in [7, 11) is 1.86. The number of hydrogen-bond donors (Lipinski definition) is 10. The van der Waals surface area contributed by atoms with Crippen LogP contribution in [0.1, 0.15) is 113 Å². The Bertz CT molecular complexity index is 2620. The van der Waals surface area contributed by atoms with Crippen molar-refractivity contribution in [1.82, 2.24) is 15.6 Å². The zero-order valence-electron chi connectivity index (χ0n) is 42.9. The van der Waals surface area contributed by atoms with Crippen LogP contribution in [-0.2, 0) is 11.2 Å². The molecular weight excluding hydrogens is 913 g/mol. The quantitative estimate of drug-likeness (QED) is 0.0318. The molecule has 4 aliphatic carbocycles. The predicted octanol–water partition coefficient (Wildman–Crippen LogP) is 10.3. The van der Waals surface area contributed by atoms with Crippen LogP contribution >= 0.6 is 0 Å². The lowest BCUT2D eigenvalue weighted by Gasteiger charge is -2.52. The standard InChI is InChI=1S/C62H80N4O7/c1-3-4-7-14-39-21-22-42(55(68)31-39)19-12-13-20-43-23-24-46(54-36-48(41-17-10-6-11-18-41)59(66-54)50-34-45(67)35-56(69)49(50)30-38-15-8-5-9-16-38)52-33-44(29-40-27-28-65-57(63)32-40)51-26-25-47(60(70)58(43)61(71)72)53(37-64-2)62(51,52)73/h5-6,8-11,15-18,21-22,25-27,32,34-36,39,42-44,46-47,51-53,55,58,60,64-70,73H,3-4,7,12-14,19-20,23-24,28-31,33,37,63H2,1-2H3,(H,71,72)/t39-,42+,43+,44+,46-,47+,51-,52+,53+,55-,58+,60-,62-/m0/s1. The SMILES string of the molecule is CCCCC[C@H]1C=C[C@@H](CCCC[C@@H]2CC[C@H](c3cc(-c4ccccc4)c(-c4cc(O)cc(O)c4Cc4ccccc4)[nH]3)[C@H]3C[C@@H](CC4=CCNC(N)=C4)[C@@H]4C=C[C@@H]([C@H](O)[C@@H]2C(=O)O)[C@@H](CNC)[C@@]34O)[C@@H](O)C1. The number of aliphatic hydroxyl groups is 3. The Morgan fingerprint density at radius 2 is 1.60 bits per heavy atom. The molecule has 11 nitrogen and oxygen atoms in total. The van der Waals surface area contributed by atoms with Crippen molar-refractivity contribution in [2.45, 2.75) is 121 Å². The fourth-order valence-electron chi connectivity index (χ4n) is 14.3. The van der Waals surface area contributed by atoms with E-state index in [0.717, 1.165) is 65.8 Å². The zero-order chi connectivity index (χ0) is 51.2. The molecule has 2 fully saturated rings. The number of aromatic amines is 1. The summed E-state index contributed by atoms with van der Waals surface area (Å²) in [6, 6.07) is 25.4. The first-order valence-corrected chi connectivity index (χ1v) is 27.5. The van der Waals surface area contributed by atoms with Crippen molar-refractivity contribution in [3.63, 3.8) is 0 Å². The molecule has 0 radical (unpaired) electrons. The minimum atomic E-state index is -1.35. The number of dihydropyridines is 1. The number of hydrogen-bond acceptors (Lipinski definition) is 9. The van der Waals surface area contributed by atoms with E-state index in [2.05, 4.69) is 65.0 Å². The van der Waals surface area contributed by atoms with Crippen LogP contribution in [0.25, 0.3) is 22.4 Å². The third-order valence-corrected chi connectivity index (χ3v) is 17.9. The van der Waals surface area contributed by atoms with Crippen molar-refractivity contribution >= 4 is 5.97 Å². The largest absolute Gasteiger partial charge is 0.508 e. The summed E-state index contributed by atoms with van der Waals surface area (Å²) in [5.41, 5.74) is 11.9. The molecule has 2 bridgehead atoms. The molecule has 13 atom stereocenters. The minimum Gasteiger partial charge on any atom is -0.508 e. The number of aromatic nitrogens is 1. The number of benzene rings is 3. The number of phenolic OH excluding ortho intramolecular Hbond substituents is 2. The highest BCUT2D eigenvalue weighted by molar-refractivity contribution is 5.85.